The van der Waals surface area contributed by atoms with Crippen LogP contribution in [0.25, 0.3) is 10.8 Å². The number of fused-ring (bicyclic) bond motifs is 1. The lowest BCUT2D eigenvalue weighted by Gasteiger charge is -2.34. The number of carbonyl (C=O) groups is 3. The fourth-order valence-electron chi connectivity index (χ4n) is 5.46. The van der Waals surface area contributed by atoms with Crippen LogP contribution in [0.5, 0.6) is 11.5 Å². The van der Waals surface area contributed by atoms with Crippen LogP contribution in [0.15, 0.2) is 113 Å². The normalized spacial score (nSPS) is 17.1. The van der Waals surface area contributed by atoms with Gasteiger partial charge in [-0.3, -0.25) is 14.4 Å². The van der Waals surface area contributed by atoms with E-state index in [1.165, 1.54) is 13.1 Å². The molecule has 0 aliphatic carbocycles. The average molecular weight is 688 g/mol. The smallest absolute Gasteiger partial charge is 0.360 e. The molecule has 1 aliphatic heterocycles. The van der Waals surface area contributed by atoms with Crippen LogP contribution in [0.4, 0.5) is 0 Å². The minimum atomic E-state index is -4.08. The maximum absolute atomic E-state index is 14.3. The predicted octanol–water partition coefficient (Wildman–Crippen LogP) is 4.64. The van der Waals surface area contributed by atoms with Gasteiger partial charge in [0, 0.05) is 7.05 Å². The molecule has 1 amide bonds. The number of carbonyl (C=O) groups excluding carboxylic acids is 2. The van der Waals surface area contributed by atoms with Gasteiger partial charge in [-0.25, -0.2) is 13.1 Å². The molecule has 0 aromatic heterocycles. The topological polar surface area (TPSA) is 161 Å². The predicted molar refractivity (Wildman–Crippen MR) is 182 cm³/mol. The molecule has 0 saturated carbocycles. The van der Waals surface area contributed by atoms with Crippen LogP contribution in [0.2, 0.25) is 0 Å². The number of sulfonamides is 1. The van der Waals surface area contributed by atoms with E-state index in [-0.39, 0.29) is 28.7 Å². The Balaban J connectivity index is 1.42. The second kappa shape index (κ2) is 14.9. The van der Waals surface area contributed by atoms with Crippen LogP contribution in [-0.4, -0.2) is 73.3 Å². The van der Waals surface area contributed by atoms with Crippen LogP contribution >= 0.6 is 0 Å². The van der Waals surface area contributed by atoms with Crippen molar-refractivity contribution in [1.29, 1.82) is 0 Å². The van der Waals surface area contributed by atoms with E-state index in [0.717, 1.165) is 15.7 Å². The number of carboxylic acids is 1. The number of para-hydroxylation sites is 2. The molecule has 1 unspecified atom stereocenters. The highest BCUT2D eigenvalue weighted by Gasteiger charge is 2.54. The zero-order chi connectivity index (χ0) is 35.2. The van der Waals surface area contributed by atoms with E-state index in [1.54, 1.807) is 86.6 Å². The molecule has 0 spiro atoms. The number of aliphatic carboxylic acids is 1. The number of ketones is 1. The van der Waals surface area contributed by atoms with Crippen LogP contribution < -0.4 is 14.2 Å². The Labute approximate surface area is 284 Å². The lowest BCUT2D eigenvalue weighted by atomic mass is 9.94. The number of carboxylic acid groups (broad SMARTS) is 1. The Bertz CT molecular complexity index is 1950. The van der Waals surface area contributed by atoms with Crippen LogP contribution in [0.3, 0.4) is 0 Å². The van der Waals surface area contributed by atoms with Gasteiger partial charge in [0.25, 0.3) is 0 Å². The Morgan fingerprint density at radius 3 is 2.16 bits per heavy atom. The summed E-state index contributed by atoms with van der Waals surface area (Å²) in [4.78, 5) is 46.3. The Kier molecular flexibility index (Phi) is 10.6. The van der Waals surface area contributed by atoms with E-state index in [2.05, 4.69) is 9.88 Å². The number of nitrogens with one attached hydrogen (secondary N) is 1. The van der Waals surface area contributed by atoms with E-state index in [9.17, 15) is 27.9 Å². The molecule has 0 fully saturated rings. The van der Waals surface area contributed by atoms with Gasteiger partial charge in [-0.15, -0.1) is 0 Å². The summed E-state index contributed by atoms with van der Waals surface area (Å²) in [6.45, 7) is 3.08. The van der Waals surface area contributed by atoms with Crippen molar-refractivity contribution in [2.24, 2.45) is 11.1 Å². The minimum Gasteiger partial charge on any atom is -0.486 e. The number of nitrogens with zero attached hydrogens (tertiary/aromatic N) is 2. The van der Waals surface area contributed by atoms with Crippen molar-refractivity contribution in [3.63, 3.8) is 0 Å². The summed E-state index contributed by atoms with van der Waals surface area (Å²) in [5, 5.41) is 15.5. The molecule has 4 aromatic carbocycles. The van der Waals surface area contributed by atoms with E-state index < -0.39 is 58.6 Å². The Hall–Kier alpha value is -5.27. The summed E-state index contributed by atoms with van der Waals surface area (Å²) in [6.07, 6.45) is -1.04. The molecule has 13 heteroatoms. The molecule has 1 heterocycles. The van der Waals surface area contributed by atoms with Gasteiger partial charge in [0.2, 0.25) is 10.0 Å². The molecular weight excluding hydrogens is 650 g/mol. The van der Waals surface area contributed by atoms with Gasteiger partial charge in [-0.2, -0.15) is 0 Å². The number of oxime groups is 1. The number of benzene rings is 4. The first-order chi connectivity index (χ1) is 23.4. The molecule has 3 atom stereocenters. The fourth-order valence-corrected chi connectivity index (χ4v) is 6.87. The molecule has 1 aliphatic rings. The summed E-state index contributed by atoms with van der Waals surface area (Å²) in [5.41, 5.74) is 0.172. The van der Waals surface area contributed by atoms with Crippen molar-refractivity contribution >= 4 is 44.2 Å². The SMILES string of the molecule is CC(C)[C@H](NS(=O)(=O)c1ccc2ccccc2c1)C1=NOC(Oc2ccccc2)(C(=O)N(C)[C@@H](CC(=O)O)C(=O)COc2ccccc2)C1. The number of likely N-dealkylation sites (N-methyl/N-ethyl adjacent to an activating group) is 1. The van der Waals surface area contributed by atoms with Gasteiger partial charge in [-0.05, 0) is 53.1 Å². The Morgan fingerprint density at radius 1 is 0.918 bits per heavy atom. The summed E-state index contributed by atoms with van der Waals surface area (Å²) >= 11 is 0. The van der Waals surface area contributed by atoms with Crippen molar-refractivity contribution in [1.82, 2.24) is 9.62 Å². The van der Waals surface area contributed by atoms with Gasteiger partial charge in [0.15, 0.2) is 5.78 Å². The Morgan fingerprint density at radius 2 is 1.53 bits per heavy atom. The zero-order valence-electron chi connectivity index (χ0n) is 27.2. The van der Waals surface area contributed by atoms with Crippen molar-refractivity contribution in [2.45, 2.75) is 49.5 Å². The monoisotopic (exact) mass is 687 g/mol. The third-order valence-corrected chi connectivity index (χ3v) is 9.51. The number of ether oxygens (including phenoxy) is 2. The first-order valence-corrected chi connectivity index (χ1v) is 17.1. The van der Waals surface area contributed by atoms with Gasteiger partial charge < -0.3 is 24.3 Å². The largest absolute Gasteiger partial charge is 0.486 e. The van der Waals surface area contributed by atoms with E-state index in [1.807, 2.05) is 24.3 Å². The van der Waals surface area contributed by atoms with Crippen LogP contribution in [-0.2, 0) is 29.2 Å². The highest BCUT2D eigenvalue weighted by molar-refractivity contribution is 7.89. The summed E-state index contributed by atoms with van der Waals surface area (Å²) in [7, 11) is -2.81. The lowest BCUT2D eigenvalue weighted by molar-refractivity contribution is -0.197. The quantitative estimate of drug-likeness (QED) is 0.181. The molecule has 12 nitrogen and oxygen atoms in total. The maximum Gasteiger partial charge on any atom is 0.360 e. The van der Waals surface area contributed by atoms with Crippen LogP contribution in [0, 0.1) is 5.92 Å². The first-order valence-electron chi connectivity index (χ1n) is 15.6. The summed E-state index contributed by atoms with van der Waals surface area (Å²) < 4.78 is 41.7. The van der Waals surface area contributed by atoms with Crippen molar-refractivity contribution < 1.29 is 42.2 Å². The summed E-state index contributed by atoms with van der Waals surface area (Å²) in [5.74, 6) is -4.80. The average Bonchev–Trinajstić information content (AvgIpc) is 3.52. The second-order valence-electron chi connectivity index (χ2n) is 12.0. The first kappa shape index (κ1) is 35.0. The van der Waals surface area contributed by atoms with Crippen molar-refractivity contribution in [3.05, 3.63) is 103 Å². The van der Waals surface area contributed by atoms with Gasteiger partial charge in [0.05, 0.1) is 29.5 Å². The summed E-state index contributed by atoms with van der Waals surface area (Å²) in [6, 6.07) is 26.6. The number of hydrogen-bond donors (Lipinski definition) is 2. The molecule has 5 rings (SSSR count). The highest BCUT2D eigenvalue weighted by atomic mass is 32.2. The van der Waals surface area contributed by atoms with Gasteiger partial charge >= 0.3 is 17.7 Å². The molecule has 0 radical (unpaired) electrons. The van der Waals surface area contributed by atoms with Gasteiger partial charge in [0.1, 0.15) is 24.1 Å². The molecule has 0 saturated heterocycles. The lowest BCUT2D eigenvalue weighted by Crippen LogP contribution is -2.57. The van der Waals surface area contributed by atoms with Crippen molar-refractivity contribution in [2.75, 3.05) is 13.7 Å². The second-order valence-corrected chi connectivity index (χ2v) is 13.7. The molecule has 0 bridgehead atoms. The van der Waals surface area contributed by atoms with E-state index in [0.29, 0.717) is 5.75 Å². The molecule has 256 valence electrons. The van der Waals surface area contributed by atoms with Crippen molar-refractivity contribution in [3.8, 4) is 11.5 Å². The van der Waals surface area contributed by atoms with E-state index >= 15 is 0 Å². The number of amides is 1. The molecule has 2 N–H and O–H groups in total. The van der Waals surface area contributed by atoms with Gasteiger partial charge in [-0.1, -0.05) is 85.7 Å². The fraction of sp³-hybridized carbons (Fsp3) is 0.278. The third-order valence-electron chi connectivity index (χ3n) is 8.07. The standard InChI is InChI=1S/C36H37N3O9S/c1-24(2)34(38-49(44,45)29-19-18-25-12-10-11-13-26(25)20-29)30-22-36(48-37-30,47-28-16-8-5-9-17-28)35(43)39(3)31(21-33(41)42)32(40)23-46-27-14-6-4-7-15-27/h4-20,24,31,34,38H,21-23H2,1-3H3,(H,41,42)/t31-,34-,36?/m0/s1. The number of Topliss-reactive ketones (excluding diaryl/α,β-unsaturated/α-hetero) is 1. The minimum absolute atomic E-state index is 0.0479. The van der Waals surface area contributed by atoms with E-state index in [4.69, 9.17) is 14.3 Å². The maximum atomic E-state index is 14.3. The molecular formula is C36H37N3O9S. The number of rotatable bonds is 15. The highest BCUT2D eigenvalue weighted by Crippen LogP contribution is 2.33. The number of hydrogen-bond acceptors (Lipinski definition) is 9. The molecule has 49 heavy (non-hydrogen) atoms. The molecule has 4 aromatic rings. The van der Waals surface area contributed by atoms with Crippen LogP contribution in [0.1, 0.15) is 26.7 Å². The zero-order valence-corrected chi connectivity index (χ0v) is 28.0. The third kappa shape index (κ3) is 8.24.